The zero-order valence-corrected chi connectivity index (χ0v) is 13.7. The fraction of sp³-hybridized carbons (Fsp3) is 0.579. The van der Waals surface area contributed by atoms with Gasteiger partial charge in [-0.2, -0.15) is 0 Å². The van der Waals surface area contributed by atoms with E-state index in [4.69, 9.17) is 0 Å². The van der Waals surface area contributed by atoms with E-state index in [1.807, 2.05) is 12.1 Å². The standard InChI is InChI=1S/C19H26N2O2/c22-18(13-20-19(23)15-8-2-1-3-9-15)21-17-12-6-10-14-7-4-5-11-16(14)17/h6,10,12,15H,1-5,7-9,11,13H2,(H,20,23)(H,21,22). The van der Waals surface area contributed by atoms with Gasteiger partial charge in [0.05, 0.1) is 6.54 Å². The summed E-state index contributed by atoms with van der Waals surface area (Å²) in [5.41, 5.74) is 3.53. The van der Waals surface area contributed by atoms with E-state index in [1.54, 1.807) is 0 Å². The van der Waals surface area contributed by atoms with Crippen LogP contribution in [0.1, 0.15) is 56.1 Å². The molecule has 1 fully saturated rings. The summed E-state index contributed by atoms with van der Waals surface area (Å²) in [5.74, 6) is 0.00380. The summed E-state index contributed by atoms with van der Waals surface area (Å²) in [4.78, 5) is 24.3. The van der Waals surface area contributed by atoms with Gasteiger partial charge >= 0.3 is 0 Å². The summed E-state index contributed by atoms with van der Waals surface area (Å²) in [6.07, 6.45) is 9.92. The maximum absolute atomic E-state index is 12.2. The maximum Gasteiger partial charge on any atom is 0.243 e. The lowest BCUT2D eigenvalue weighted by atomic mass is 9.89. The largest absolute Gasteiger partial charge is 0.347 e. The fourth-order valence-corrected chi connectivity index (χ4v) is 3.77. The summed E-state index contributed by atoms with van der Waals surface area (Å²) in [5, 5.41) is 5.78. The summed E-state index contributed by atoms with van der Waals surface area (Å²) in [6, 6.07) is 6.11. The number of benzene rings is 1. The Kier molecular flexibility index (Phi) is 5.31. The van der Waals surface area contributed by atoms with E-state index < -0.39 is 0 Å². The predicted octanol–water partition coefficient (Wildman–Crippen LogP) is 3.20. The Morgan fingerprint density at radius 1 is 1.00 bits per heavy atom. The summed E-state index contributed by atoms with van der Waals surface area (Å²) in [6.45, 7) is 0.0685. The Morgan fingerprint density at radius 2 is 1.78 bits per heavy atom. The molecule has 0 atom stereocenters. The molecule has 1 saturated carbocycles. The number of anilines is 1. The van der Waals surface area contributed by atoms with Crippen LogP contribution >= 0.6 is 0 Å². The fourth-order valence-electron chi connectivity index (χ4n) is 3.77. The number of rotatable bonds is 4. The molecule has 4 nitrogen and oxygen atoms in total. The maximum atomic E-state index is 12.2. The lowest BCUT2D eigenvalue weighted by Gasteiger charge is -2.21. The number of hydrogen-bond acceptors (Lipinski definition) is 2. The molecule has 4 heteroatoms. The minimum absolute atomic E-state index is 0.0370. The molecule has 0 heterocycles. The molecule has 1 aromatic carbocycles. The van der Waals surface area contributed by atoms with E-state index in [0.717, 1.165) is 44.2 Å². The van der Waals surface area contributed by atoms with Crippen LogP contribution in [0.3, 0.4) is 0 Å². The molecule has 2 aliphatic carbocycles. The van der Waals surface area contributed by atoms with Crippen LogP contribution in [0, 0.1) is 5.92 Å². The van der Waals surface area contributed by atoms with Crippen molar-refractivity contribution < 1.29 is 9.59 Å². The van der Waals surface area contributed by atoms with Crippen LogP contribution in [0.15, 0.2) is 18.2 Å². The first-order chi connectivity index (χ1) is 11.2. The summed E-state index contributed by atoms with van der Waals surface area (Å²) >= 11 is 0. The Balaban J connectivity index is 1.52. The van der Waals surface area contributed by atoms with Crippen molar-refractivity contribution in [2.45, 2.75) is 57.8 Å². The van der Waals surface area contributed by atoms with Gasteiger partial charge < -0.3 is 10.6 Å². The quantitative estimate of drug-likeness (QED) is 0.896. The molecule has 3 rings (SSSR count). The molecule has 124 valence electrons. The molecule has 0 aliphatic heterocycles. The van der Waals surface area contributed by atoms with Gasteiger partial charge in [0, 0.05) is 11.6 Å². The molecule has 0 aromatic heterocycles. The Labute approximate surface area is 138 Å². The van der Waals surface area contributed by atoms with Crippen LogP contribution < -0.4 is 10.6 Å². The van der Waals surface area contributed by atoms with Crippen molar-refractivity contribution >= 4 is 17.5 Å². The second kappa shape index (κ2) is 7.62. The molecule has 0 bridgehead atoms. The predicted molar refractivity (Wildman–Crippen MR) is 91.3 cm³/mol. The number of nitrogens with one attached hydrogen (secondary N) is 2. The Hall–Kier alpha value is -1.84. The van der Waals surface area contributed by atoms with Crippen LogP contribution in [0.2, 0.25) is 0 Å². The molecule has 0 radical (unpaired) electrons. The second-order valence-corrected chi connectivity index (χ2v) is 6.75. The van der Waals surface area contributed by atoms with Crippen LogP contribution in [0.25, 0.3) is 0 Å². The number of amides is 2. The van der Waals surface area contributed by atoms with Crippen LogP contribution in [0.5, 0.6) is 0 Å². The zero-order valence-electron chi connectivity index (χ0n) is 13.7. The first-order valence-electron chi connectivity index (χ1n) is 8.92. The topological polar surface area (TPSA) is 58.2 Å². The molecule has 2 N–H and O–H groups in total. The highest BCUT2D eigenvalue weighted by Gasteiger charge is 2.21. The van der Waals surface area contributed by atoms with Gasteiger partial charge in [-0.25, -0.2) is 0 Å². The zero-order chi connectivity index (χ0) is 16.1. The van der Waals surface area contributed by atoms with Gasteiger partial charge in [0.1, 0.15) is 0 Å². The Bertz CT molecular complexity index is 577. The molecule has 0 unspecified atom stereocenters. The molecule has 0 spiro atoms. The molecule has 0 saturated heterocycles. The van der Waals surface area contributed by atoms with Gasteiger partial charge in [-0.1, -0.05) is 31.4 Å². The number of carbonyl (C=O) groups is 2. The van der Waals surface area contributed by atoms with E-state index in [-0.39, 0.29) is 24.3 Å². The van der Waals surface area contributed by atoms with E-state index >= 15 is 0 Å². The van der Waals surface area contributed by atoms with Gasteiger partial charge in [-0.3, -0.25) is 9.59 Å². The first-order valence-corrected chi connectivity index (χ1v) is 8.92. The van der Waals surface area contributed by atoms with Crippen LogP contribution in [-0.4, -0.2) is 18.4 Å². The van der Waals surface area contributed by atoms with E-state index in [9.17, 15) is 9.59 Å². The monoisotopic (exact) mass is 314 g/mol. The van der Waals surface area contributed by atoms with E-state index in [0.29, 0.717) is 0 Å². The highest BCUT2D eigenvalue weighted by Crippen LogP contribution is 2.27. The average Bonchev–Trinajstić information content (AvgIpc) is 2.61. The van der Waals surface area contributed by atoms with Crippen molar-refractivity contribution in [3.8, 4) is 0 Å². The highest BCUT2D eigenvalue weighted by atomic mass is 16.2. The highest BCUT2D eigenvalue weighted by molar-refractivity contribution is 5.95. The molecular formula is C19H26N2O2. The van der Waals surface area contributed by atoms with Gasteiger partial charge in [-0.05, 0) is 55.7 Å². The van der Waals surface area contributed by atoms with Crippen LogP contribution in [0.4, 0.5) is 5.69 Å². The molecule has 23 heavy (non-hydrogen) atoms. The Morgan fingerprint density at radius 3 is 2.61 bits per heavy atom. The van der Waals surface area contributed by atoms with Crippen molar-refractivity contribution in [2.24, 2.45) is 5.92 Å². The van der Waals surface area contributed by atoms with E-state index in [1.165, 1.54) is 30.4 Å². The minimum atomic E-state index is -0.131. The van der Waals surface area contributed by atoms with Gasteiger partial charge in [0.2, 0.25) is 11.8 Å². The van der Waals surface area contributed by atoms with Crippen molar-refractivity contribution in [3.63, 3.8) is 0 Å². The van der Waals surface area contributed by atoms with Crippen molar-refractivity contribution in [1.29, 1.82) is 0 Å². The number of aryl methyl sites for hydroxylation is 1. The summed E-state index contributed by atoms with van der Waals surface area (Å²) < 4.78 is 0. The normalized spacial score (nSPS) is 18.1. The summed E-state index contributed by atoms with van der Waals surface area (Å²) in [7, 11) is 0. The van der Waals surface area contributed by atoms with Crippen LogP contribution in [-0.2, 0) is 22.4 Å². The van der Waals surface area contributed by atoms with Gasteiger partial charge in [0.15, 0.2) is 0 Å². The second-order valence-electron chi connectivity index (χ2n) is 6.75. The lowest BCUT2D eigenvalue weighted by molar-refractivity contribution is -0.128. The van der Waals surface area contributed by atoms with E-state index in [2.05, 4.69) is 16.7 Å². The number of hydrogen-bond donors (Lipinski definition) is 2. The molecule has 2 amide bonds. The molecule has 1 aromatic rings. The number of fused-ring (bicyclic) bond motifs is 1. The van der Waals surface area contributed by atoms with Gasteiger partial charge in [0.25, 0.3) is 0 Å². The van der Waals surface area contributed by atoms with Crippen molar-refractivity contribution in [1.82, 2.24) is 5.32 Å². The minimum Gasteiger partial charge on any atom is -0.347 e. The average molecular weight is 314 g/mol. The first kappa shape index (κ1) is 16.0. The smallest absolute Gasteiger partial charge is 0.243 e. The van der Waals surface area contributed by atoms with Crippen molar-refractivity contribution in [2.75, 3.05) is 11.9 Å². The van der Waals surface area contributed by atoms with Gasteiger partial charge in [-0.15, -0.1) is 0 Å². The lowest BCUT2D eigenvalue weighted by Crippen LogP contribution is -2.37. The number of carbonyl (C=O) groups excluding carboxylic acids is 2. The third kappa shape index (κ3) is 4.12. The third-order valence-corrected chi connectivity index (χ3v) is 5.07. The SMILES string of the molecule is O=C(CNC(=O)C1CCCCC1)Nc1cccc2c1CCCC2. The molecular weight excluding hydrogens is 288 g/mol. The van der Waals surface area contributed by atoms with Crippen molar-refractivity contribution in [3.05, 3.63) is 29.3 Å². The molecule has 2 aliphatic rings. The third-order valence-electron chi connectivity index (χ3n) is 5.07.